The molecule has 0 unspecified atom stereocenters. The smallest absolute Gasteiger partial charge is 0.306 e. The zero-order chi connectivity index (χ0) is 16.1. The van der Waals surface area contributed by atoms with E-state index in [1.54, 1.807) is 0 Å². The van der Waals surface area contributed by atoms with Crippen molar-refractivity contribution in [3.8, 4) is 0 Å². The molecule has 0 amide bonds. The Morgan fingerprint density at radius 2 is 1.86 bits per heavy atom. The van der Waals surface area contributed by atoms with Gasteiger partial charge in [-0.1, -0.05) is 0 Å². The highest BCUT2D eigenvalue weighted by molar-refractivity contribution is 7.86. The Kier molecular flexibility index (Phi) is 6.54. The summed E-state index contributed by atoms with van der Waals surface area (Å²) >= 11 is 0. The number of ether oxygens (including phenoxy) is 2. The summed E-state index contributed by atoms with van der Waals surface area (Å²) in [6.07, 6.45) is 0.787. The van der Waals surface area contributed by atoms with Crippen LogP contribution in [0.5, 0.6) is 0 Å². The van der Waals surface area contributed by atoms with Crippen LogP contribution in [0.3, 0.4) is 0 Å². The monoisotopic (exact) mass is 324 g/mol. The van der Waals surface area contributed by atoms with Gasteiger partial charge >= 0.3 is 5.97 Å². The molecule has 1 fully saturated rings. The van der Waals surface area contributed by atoms with E-state index in [0.29, 0.717) is 26.1 Å². The quantitative estimate of drug-likeness (QED) is 0.616. The maximum Gasteiger partial charge on any atom is 0.306 e. The molecule has 0 aromatic rings. The number of aliphatic hydroxyl groups is 1. The number of hydrogen-bond donors (Lipinski definition) is 1. The molecule has 1 N–H and O–H groups in total. The summed E-state index contributed by atoms with van der Waals surface area (Å²) in [5.41, 5.74) is -1.07. The lowest BCUT2D eigenvalue weighted by molar-refractivity contribution is -0.140. The lowest BCUT2D eigenvalue weighted by atomic mass is 9.95. The molecule has 0 radical (unpaired) electrons. The van der Waals surface area contributed by atoms with Crippen LogP contribution in [0, 0.1) is 0 Å². The molecule has 0 aliphatic carbocycles. The van der Waals surface area contributed by atoms with Gasteiger partial charge in [-0.25, -0.2) is 0 Å². The predicted molar refractivity (Wildman–Crippen MR) is 75.8 cm³/mol. The summed E-state index contributed by atoms with van der Waals surface area (Å²) < 4.78 is 36.4. The van der Waals surface area contributed by atoms with Crippen molar-refractivity contribution in [3.63, 3.8) is 0 Å². The highest BCUT2D eigenvalue weighted by Gasteiger charge is 2.35. The van der Waals surface area contributed by atoms with Crippen LogP contribution >= 0.6 is 0 Å². The van der Waals surface area contributed by atoms with Crippen molar-refractivity contribution in [1.82, 2.24) is 8.61 Å². The Bertz CT molecular complexity index is 447. The number of esters is 1. The molecule has 124 valence electrons. The maximum absolute atomic E-state index is 12.3. The lowest BCUT2D eigenvalue weighted by Gasteiger charge is -2.36. The number of methoxy groups -OCH3 is 1. The van der Waals surface area contributed by atoms with E-state index in [9.17, 15) is 18.3 Å². The first-order valence-electron chi connectivity index (χ1n) is 6.76. The summed E-state index contributed by atoms with van der Waals surface area (Å²) in [7, 11) is 0.337. The molecule has 1 aliphatic rings. The van der Waals surface area contributed by atoms with Crippen molar-refractivity contribution >= 4 is 16.2 Å². The minimum absolute atomic E-state index is 0.00125. The molecule has 0 atom stereocenters. The third-order valence-corrected chi connectivity index (χ3v) is 5.47. The summed E-state index contributed by atoms with van der Waals surface area (Å²) in [4.78, 5) is 11.1. The Morgan fingerprint density at radius 1 is 1.29 bits per heavy atom. The van der Waals surface area contributed by atoms with Crippen LogP contribution in [0.15, 0.2) is 0 Å². The van der Waals surface area contributed by atoms with Gasteiger partial charge in [-0.3, -0.25) is 4.79 Å². The highest BCUT2D eigenvalue weighted by atomic mass is 32.2. The van der Waals surface area contributed by atoms with Crippen LogP contribution in [-0.4, -0.2) is 81.2 Å². The van der Waals surface area contributed by atoms with Gasteiger partial charge in [0.25, 0.3) is 10.2 Å². The second-order valence-corrected chi connectivity index (χ2v) is 7.39. The van der Waals surface area contributed by atoms with Crippen LogP contribution in [0.4, 0.5) is 0 Å². The highest BCUT2D eigenvalue weighted by Crippen LogP contribution is 2.22. The molecule has 1 aliphatic heterocycles. The molecule has 0 aromatic carbocycles. The van der Waals surface area contributed by atoms with Gasteiger partial charge in [-0.2, -0.15) is 17.0 Å². The molecule has 1 rings (SSSR count). The average Bonchev–Trinajstić information content (AvgIpc) is 2.44. The van der Waals surface area contributed by atoms with Crippen LogP contribution in [-0.2, 0) is 24.5 Å². The molecule has 8 nitrogen and oxygen atoms in total. The minimum Gasteiger partial charge on any atom is -0.469 e. The third-order valence-electron chi connectivity index (χ3n) is 3.59. The van der Waals surface area contributed by atoms with Crippen molar-refractivity contribution in [2.45, 2.75) is 24.9 Å². The Balaban J connectivity index is 2.61. The Morgan fingerprint density at radius 3 is 2.38 bits per heavy atom. The maximum atomic E-state index is 12.3. The summed E-state index contributed by atoms with van der Waals surface area (Å²) in [5.74, 6) is -0.470. The zero-order valence-electron chi connectivity index (χ0n) is 12.7. The number of rotatable bonds is 7. The SMILES string of the molecule is COC(=O)CCN(C)S(=O)(=O)N(C)CC1(O)CCOCC1. The van der Waals surface area contributed by atoms with Crippen molar-refractivity contribution in [3.05, 3.63) is 0 Å². The van der Waals surface area contributed by atoms with Crippen molar-refractivity contribution in [1.29, 1.82) is 0 Å². The van der Waals surface area contributed by atoms with Gasteiger partial charge in [0.05, 0.1) is 19.1 Å². The van der Waals surface area contributed by atoms with Crippen LogP contribution in [0.1, 0.15) is 19.3 Å². The van der Waals surface area contributed by atoms with Gasteiger partial charge in [0.2, 0.25) is 0 Å². The number of nitrogens with zero attached hydrogens (tertiary/aromatic N) is 2. The zero-order valence-corrected chi connectivity index (χ0v) is 13.6. The topological polar surface area (TPSA) is 96.4 Å². The van der Waals surface area contributed by atoms with Crippen molar-refractivity contribution in [2.24, 2.45) is 0 Å². The van der Waals surface area contributed by atoms with Gasteiger partial charge < -0.3 is 14.6 Å². The van der Waals surface area contributed by atoms with E-state index in [0.717, 1.165) is 8.61 Å². The minimum atomic E-state index is -3.72. The van der Waals surface area contributed by atoms with Gasteiger partial charge in [0.15, 0.2) is 0 Å². The molecule has 0 bridgehead atoms. The second kappa shape index (κ2) is 7.50. The average molecular weight is 324 g/mol. The van der Waals surface area contributed by atoms with E-state index in [4.69, 9.17) is 4.74 Å². The van der Waals surface area contributed by atoms with Crippen molar-refractivity contribution < 1.29 is 27.8 Å². The molecule has 9 heteroatoms. The van der Waals surface area contributed by atoms with Gasteiger partial charge in [0, 0.05) is 53.2 Å². The fourth-order valence-electron chi connectivity index (χ4n) is 2.11. The van der Waals surface area contributed by atoms with Crippen molar-refractivity contribution in [2.75, 3.05) is 47.5 Å². The molecular weight excluding hydrogens is 300 g/mol. The lowest BCUT2D eigenvalue weighted by Crippen LogP contribution is -2.50. The molecular formula is C12H24N2O6S. The third kappa shape index (κ3) is 5.19. The molecule has 1 saturated heterocycles. The van der Waals surface area contributed by atoms with E-state index < -0.39 is 21.8 Å². The van der Waals surface area contributed by atoms with E-state index in [1.165, 1.54) is 21.2 Å². The van der Waals surface area contributed by atoms with Gasteiger partial charge in [-0.05, 0) is 0 Å². The first-order chi connectivity index (χ1) is 9.71. The number of hydrogen-bond acceptors (Lipinski definition) is 6. The summed E-state index contributed by atoms with van der Waals surface area (Å²) in [6, 6.07) is 0. The first kappa shape index (κ1) is 18.3. The summed E-state index contributed by atoms with van der Waals surface area (Å²) in [5, 5.41) is 10.4. The standard InChI is InChI=1S/C12H24N2O6S/c1-13(7-4-11(15)19-3)21(17,18)14(2)10-12(16)5-8-20-9-6-12/h16H,4-10H2,1-3H3. The molecule has 1 heterocycles. The molecule has 0 aromatic heterocycles. The van der Waals surface area contributed by atoms with E-state index in [-0.39, 0.29) is 19.5 Å². The van der Waals surface area contributed by atoms with Gasteiger partial charge in [0.1, 0.15) is 0 Å². The van der Waals surface area contributed by atoms with E-state index >= 15 is 0 Å². The fraction of sp³-hybridized carbons (Fsp3) is 0.917. The first-order valence-corrected chi connectivity index (χ1v) is 8.15. The largest absolute Gasteiger partial charge is 0.469 e. The van der Waals surface area contributed by atoms with E-state index in [2.05, 4.69) is 4.74 Å². The van der Waals surface area contributed by atoms with Crippen LogP contribution in [0.2, 0.25) is 0 Å². The van der Waals surface area contributed by atoms with Crippen LogP contribution < -0.4 is 0 Å². The normalized spacial score (nSPS) is 19.0. The Hall–Kier alpha value is -0.740. The predicted octanol–water partition coefficient (Wildman–Crippen LogP) is -0.801. The van der Waals surface area contributed by atoms with Crippen LogP contribution in [0.25, 0.3) is 0 Å². The number of likely N-dealkylation sites (N-methyl/N-ethyl adjacent to an activating group) is 1. The molecule has 0 spiro atoms. The fourth-order valence-corrected chi connectivity index (χ4v) is 3.31. The molecule has 21 heavy (non-hydrogen) atoms. The second-order valence-electron chi connectivity index (χ2n) is 5.25. The number of carbonyl (C=O) groups is 1. The van der Waals surface area contributed by atoms with Gasteiger partial charge in [-0.15, -0.1) is 0 Å². The van der Waals surface area contributed by atoms with E-state index in [1.807, 2.05) is 0 Å². The Labute approximate surface area is 125 Å². The summed E-state index contributed by atoms with van der Waals surface area (Å²) in [6.45, 7) is 0.868. The molecule has 0 saturated carbocycles. The number of carbonyl (C=O) groups excluding carboxylic acids is 1.